The number of rotatable bonds is 3. The van der Waals surface area contributed by atoms with Crippen molar-refractivity contribution in [2.75, 3.05) is 19.0 Å². The molecule has 0 amide bonds. The van der Waals surface area contributed by atoms with Gasteiger partial charge in [0.05, 0.1) is 0 Å². The fourth-order valence-electron chi connectivity index (χ4n) is 1.79. The largest absolute Gasteiger partial charge is 0.384 e. The molecule has 2 aromatic carbocycles. The second-order valence-corrected chi connectivity index (χ2v) is 4.44. The molecule has 0 spiro atoms. The van der Waals surface area contributed by atoms with E-state index in [9.17, 15) is 9.50 Å². The number of aliphatic hydroxyl groups is 1. The molecule has 0 aliphatic heterocycles. The summed E-state index contributed by atoms with van der Waals surface area (Å²) in [6, 6.07) is 13.6. The minimum absolute atomic E-state index is 0.297. The summed E-state index contributed by atoms with van der Waals surface area (Å²) >= 11 is 0. The van der Waals surface area contributed by atoms with Crippen LogP contribution in [-0.4, -0.2) is 19.2 Å². The minimum Gasteiger partial charge on any atom is -0.384 e. The van der Waals surface area contributed by atoms with Gasteiger partial charge in [-0.2, -0.15) is 0 Å². The highest BCUT2D eigenvalue weighted by Crippen LogP contribution is 2.24. The van der Waals surface area contributed by atoms with E-state index in [0.717, 1.165) is 11.3 Å². The van der Waals surface area contributed by atoms with Gasteiger partial charge < -0.3 is 10.0 Å². The van der Waals surface area contributed by atoms with Crippen molar-refractivity contribution >= 4 is 5.69 Å². The minimum atomic E-state index is -0.721. The first-order chi connectivity index (χ1) is 8.58. The maximum Gasteiger partial charge on any atom is 0.123 e. The molecule has 1 unspecified atom stereocenters. The highest BCUT2D eigenvalue weighted by atomic mass is 19.1. The second-order valence-electron chi connectivity index (χ2n) is 4.44. The maximum atomic E-state index is 12.8. The molecule has 0 saturated heterocycles. The van der Waals surface area contributed by atoms with Gasteiger partial charge in [0.15, 0.2) is 0 Å². The molecule has 0 saturated carbocycles. The molecule has 0 aliphatic rings. The van der Waals surface area contributed by atoms with Gasteiger partial charge in [0.25, 0.3) is 0 Å². The van der Waals surface area contributed by atoms with Gasteiger partial charge in [0.2, 0.25) is 0 Å². The van der Waals surface area contributed by atoms with E-state index in [1.807, 2.05) is 43.3 Å². The summed E-state index contributed by atoms with van der Waals surface area (Å²) in [4.78, 5) is 1.99. The van der Waals surface area contributed by atoms with E-state index in [1.54, 1.807) is 12.1 Å². The van der Waals surface area contributed by atoms with E-state index in [-0.39, 0.29) is 5.82 Å². The van der Waals surface area contributed by atoms with Crippen molar-refractivity contribution in [3.8, 4) is 0 Å². The zero-order valence-electron chi connectivity index (χ0n) is 10.5. The van der Waals surface area contributed by atoms with Crippen LogP contribution in [0.15, 0.2) is 48.5 Å². The van der Waals surface area contributed by atoms with Crippen LogP contribution < -0.4 is 4.90 Å². The van der Waals surface area contributed by atoms with Crippen molar-refractivity contribution in [3.63, 3.8) is 0 Å². The van der Waals surface area contributed by atoms with Crippen molar-refractivity contribution in [3.05, 3.63) is 65.5 Å². The van der Waals surface area contributed by atoms with E-state index < -0.39 is 6.10 Å². The number of hydrogen-bond acceptors (Lipinski definition) is 2. The number of aliphatic hydroxyl groups excluding tert-OH is 1. The smallest absolute Gasteiger partial charge is 0.123 e. The highest BCUT2D eigenvalue weighted by molar-refractivity contribution is 5.47. The lowest BCUT2D eigenvalue weighted by Crippen LogP contribution is -2.08. The molecule has 18 heavy (non-hydrogen) atoms. The van der Waals surface area contributed by atoms with E-state index >= 15 is 0 Å². The molecule has 0 bridgehead atoms. The summed E-state index contributed by atoms with van der Waals surface area (Å²) in [5.74, 6) is -0.297. The Labute approximate surface area is 106 Å². The van der Waals surface area contributed by atoms with Crippen molar-refractivity contribution in [1.29, 1.82) is 0 Å². The lowest BCUT2D eigenvalue weighted by atomic mass is 10.0. The third-order valence-electron chi connectivity index (χ3n) is 2.91. The summed E-state index contributed by atoms with van der Waals surface area (Å²) in [6.45, 7) is 0. The van der Waals surface area contributed by atoms with Crippen LogP contribution in [0, 0.1) is 5.82 Å². The Morgan fingerprint density at radius 2 is 1.33 bits per heavy atom. The molecule has 0 aliphatic carbocycles. The zero-order chi connectivity index (χ0) is 13.1. The molecule has 0 radical (unpaired) electrons. The lowest BCUT2D eigenvalue weighted by Gasteiger charge is -2.15. The van der Waals surface area contributed by atoms with Crippen LogP contribution in [0.2, 0.25) is 0 Å². The predicted octanol–water partition coefficient (Wildman–Crippen LogP) is 2.97. The Bertz CT molecular complexity index is 505. The van der Waals surface area contributed by atoms with Crippen LogP contribution in [0.4, 0.5) is 10.1 Å². The summed E-state index contributed by atoms with van der Waals surface area (Å²) in [5, 5.41) is 10.2. The first kappa shape index (κ1) is 12.6. The third-order valence-corrected chi connectivity index (χ3v) is 2.91. The van der Waals surface area contributed by atoms with Gasteiger partial charge in [-0.25, -0.2) is 4.39 Å². The molecule has 1 atom stereocenters. The van der Waals surface area contributed by atoms with Crippen molar-refractivity contribution < 1.29 is 9.50 Å². The Morgan fingerprint density at radius 1 is 0.889 bits per heavy atom. The van der Waals surface area contributed by atoms with Crippen molar-refractivity contribution in [2.24, 2.45) is 0 Å². The monoisotopic (exact) mass is 245 g/mol. The molecule has 2 nitrogen and oxygen atoms in total. The molecule has 3 heteroatoms. The average Bonchev–Trinajstić information content (AvgIpc) is 2.39. The number of benzene rings is 2. The zero-order valence-corrected chi connectivity index (χ0v) is 10.5. The van der Waals surface area contributed by atoms with Gasteiger partial charge in [-0.1, -0.05) is 24.3 Å². The standard InChI is InChI=1S/C15H16FNO/c1-17(2)14-9-5-12(6-10-14)15(18)11-3-7-13(16)8-4-11/h3-10,15,18H,1-2H3. The van der Waals surface area contributed by atoms with Crippen LogP contribution in [0.25, 0.3) is 0 Å². The average molecular weight is 245 g/mol. The van der Waals surface area contributed by atoms with Gasteiger partial charge in [-0.3, -0.25) is 0 Å². The first-order valence-corrected chi connectivity index (χ1v) is 5.79. The molecular weight excluding hydrogens is 229 g/mol. The summed E-state index contributed by atoms with van der Waals surface area (Å²) in [5.41, 5.74) is 2.56. The topological polar surface area (TPSA) is 23.5 Å². The maximum absolute atomic E-state index is 12.8. The Balaban J connectivity index is 2.23. The summed E-state index contributed by atoms with van der Waals surface area (Å²) in [6.07, 6.45) is -0.721. The molecule has 2 rings (SSSR count). The van der Waals surface area contributed by atoms with Crippen molar-refractivity contribution in [2.45, 2.75) is 6.10 Å². The quantitative estimate of drug-likeness (QED) is 0.898. The van der Waals surface area contributed by atoms with Crippen LogP contribution in [0.5, 0.6) is 0 Å². The molecular formula is C15H16FNO. The third kappa shape index (κ3) is 2.68. The Kier molecular flexibility index (Phi) is 3.63. The fourth-order valence-corrected chi connectivity index (χ4v) is 1.79. The summed E-state index contributed by atoms with van der Waals surface area (Å²) in [7, 11) is 3.93. The molecule has 0 fully saturated rings. The Morgan fingerprint density at radius 3 is 1.78 bits per heavy atom. The second kappa shape index (κ2) is 5.19. The SMILES string of the molecule is CN(C)c1ccc(C(O)c2ccc(F)cc2)cc1. The highest BCUT2D eigenvalue weighted by Gasteiger charge is 2.10. The fraction of sp³-hybridized carbons (Fsp3) is 0.200. The lowest BCUT2D eigenvalue weighted by molar-refractivity contribution is 0.220. The van der Waals surface area contributed by atoms with Crippen LogP contribution in [0.1, 0.15) is 17.2 Å². The van der Waals surface area contributed by atoms with E-state index in [1.165, 1.54) is 12.1 Å². The van der Waals surface area contributed by atoms with Gasteiger partial charge in [0, 0.05) is 19.8 Å². The molecule has 2 aromatic rings. The van der Waals surface area contributed by atoms with Crippen LogP contribution in [0.3, 0.4) is 0 Å². The van der Waals surface area contributed by atoms with Gasteiger partial charge in [0.1, 0.15) is 11.9 Å². The molecule has 0 aromatic heterocycles. The summed E-state index contributed by atoms with van der Waals surface area (Å²) < 4.78 is 12.8. The van der Waals surface area contributed by atoms with Crippen molar-refractivity contribution in [1.82, 2.24) is 0 Å². The van der Waals surface area contributed by atoms with E-state index in [4.69, 9.17) is 0 Å². The van der Waals surface area contributed by atoms with Crippen LogP contribution >= 0.6 is 0 Å². The predicted molar refractivity (Wildman–Crippen MR) is 71.2 cm³/mol. The first-order valence-electron chi connectivity index (χ1n) is 5.79. The molecule has 0 heterocycles. The number of anilines is 1. The number of nitrogens with zero attached hydrogens (tertiary/aromatic N) is 1. The van der Waals surface area contributed by atoms with E-state index in [0.29, 0.717) is 5.56 Å². The van der Waals surface area contributed by atoms with Gasteiger partial charge >= 0.3 is 0 Å². The van der Waals surface area contributed by atoms with Gasteiger partial charge in [-0.15, -0.1) is 0 Å². The Hall–Kier alpha value is -1.87. The molecule has 94 valence electrons. The number of hydrogen-bond donors (Lipinski definition) is 1. The number of halogens is 1. The van der Waals surface area contributed by atoms with E-state index in [2.05, 4.69) is 0 Å². The normalized spacial score (nSPS) is 12.2. The molecule has 1 N–H and O–H groups in total. The van der Waals surface area contributed by atoms with Crippen LogP contribution in [-0.2, 0) is 0 Å². The van der Waals surface area contributed by atoms with Gasteiger partial charge in [-0.05, 0) is 35.4 Å².